The zero-order valence-electron chi connectivity index (χ0n) is 10.3. The Morgan fingerprint density at radius 1 is 1.33 bits per heavy atom. The Labute approximate surface area is 121 Å². The van der Waals surface area contributed by atoms with Crippen LogP contribution >= 0.6 is 34.7 Å². The molecule has 0 atom stereocenters. The SMILES string of the molecule is CC(C)(N)c1cnc(CSc2ccc(Cl)cc2)s1. The van der Waals surface area contributed by atoms with E-state index in [9.17, 15) is 0 Å². The number of hydrogen-bond acceptors (Lipinski definition) is 4. The van der Waals surface area contributed by atoms with Crippen molar-refractivity contribution in [2.45, 2.75) is 30.0 Å². The second-order valence-electron chi connectivity index (χ2n) is 4.58. The van der Waals surface area contributed by atoms with Gasteiger partial charge in [0.25, 0.3) is 0 Å². The van der Waals surface area contributed by atoms with Crippen molar-refractivity contribution in [2.75, 3.05) is 0 Å². The molecule has 0 aliphatic rings. The number of rotatable bonds is 4. The maximum atomic E-state index is 6.04. The third kappa shape index (κ3) is 3.72. The van der Waals surface area contributed by atoms with E-state index < -0.39 is 0 Å². The van der Waals surface area contributed by atoms with Crippen molar-refractivity contribution in [1.29, 1.82) is 0 Å². The van der Waals surface area contributed by atoms with Gasteiger partial charge in [-0.25, -0.2) is 4.98 Å². The molecule has 1 heterocycles. The van der Waals surface area contributed by atoms with Crippen LogP contribution in [-0.4, -0.2) is 4.98 Å². The summed E-state index contributed by atoms with van der Waals surface area (Å²) < 4.78 is 0. The number of aromatic nitrogens is 1. The topological polar surface area (TPSA) is 38.9 Å². The van der Waals surface area contributed by atoms with Gasteiger partial charge in [0.2, 0.25) is 0 Å². The fraction of sp³-hybridized carbons (Fsp3) is 0.308. The first-order chi connectivity index (χ1) is 8.45. The largest absolute Gasteiger partial charge is 0.321 e. The van der Waals surface area contributed by atoms with Gasteiger partial charge >= 0.3 is 0 Å². The second-order valence-corrected chi connectivity index (χ2v) is 7.18. The lowest BCUT2D eigenvalue weighted by Gasteiger charge is -2.14. The van der Waals surface area contributed by atoms with Crippen molar-refractivity contribution in [3.05, 3.63) is 45.4 Å². The van der Waals surface area contributed by atoms with Crippen molar-refractivity contribution < 1.29 is 0 Å². The summed E-state index contributed by atoms with van der Waals surface area (Å²) in [6.45, 7) is 3.99. The van der Waals surface area contributed by atoms with E-state index >= 15 is 0 Å². The normalized spacial score (nSPS) is 11.8. The lowest BCUT2D eigenvalue weighted by Crippen LogP contribution is -2.27. The minimum atomic E-state index is -0.305. The molecule has 2 rings (SSSR count). The molecule has 2 aromatic rings. The van der Waals surface area contributed by atoms with Crippen LogP contribution in [0, 0.1) is 0 Å². The number of benzene rings is 1. The molecule has 18 heavy (non-hydrogen) atoms. The van der Waals surface area contributed by atoms with Gasteiger partial charge in [-0.15, -0.1) is 23.1 Å². The number of thioether (sulfide) groups is 1. The number of hydrogen-bond donors (Lipinski definition) is 1. The van der Waals surface area contributed by atoms with Gasteiger partial charge in [-0.1, -0.05) is 11.6 Å². The predicted octanol–water partition coefficient (Wildman–Crippen LogP) is 4.28. The summed E-state index contributed by atoms with van der Waals surface area (Å²) in [6, 6.07) is 7.85. The van der Waals surface area contributed by atoms with Crippen LogP contribution in [0.15, 0.2) is 35.4 Å². The van der Waals surface area contributed by atoms with Gasteiger partial charge in [-0.2, -0.15) is 0 Å². The Kier molecular flexibility index (Phi) is 4.33. The molecule has 1 aromatic carbocycles. The molecule has 0 saturated heterocycles. The fourth-order valence-electron chi connectivity index (χ4n) is 1.35. The highest BCUT2D eigenvalue weighted by molar-refractivity contribution is 7.98. The molecule has 0 amide bonds. The van der Waals surface area contributed by atoms with Gasteiger partial charge < -0.3 is 5.73 Å². The van der Waals surface area contributed by atoms with Crippen molar-refractivity contribution in [2.24, 2.45) is 5.73 Å². The molecule has 2 N–H and O–H groups in total. The minimum Gasteiger partial charge on any atom is -0.321 e. The van der Waals surface area contributed by atoms with Crippen LogP contribution in [-0.2, 0) is 11.3 Å². The van der Waals surface area contributed by atoms with E-state index in [1.54, 1.807) is 23.1 Å². The van der Waals surface area contributed by atoms with Crippen molar-refractivity contribution in [3.63, 3.8) is 0 Å². The maximum absolute atomic E-state index is 6.04. The highest BCUT2D eigenvalue weighted by atomic mass is 35.5. The first kappa shape index (κ1) is 13.9. The van der Waals surface area contributed by atoms with Crippen molar-refractivity contribution in [3.8, 4) is 0 Å². The van der Waals surface area contributed by atoms with E-state index in [2.05, 4.69) is 4.98 Å². The van der Waals surface area contributed by atoms with Crippen molar-refractivity contribution in [1.82, 2.24) is 4.98 Å². The van der Waals surface area contributed by atoms with Crippen molar-refractivity contribution >= 4 is 34.7 Å². The van der Waals surface area contributed by atoms with Gasteiger partial charge in [-0.3, -0.25) is 0 Å². The third-order valence-corrected chi connectivity index (χ3v) is 5.16. The summed E-state index contributed by atoms with van der Waals surface area (Å²) >= 11 is 9.28. The molecule has 0 radical (unpaired) electrons. The quantitative estimate of drug-likeness (QED) is 0.856. The minimum absolute atomic E-state index is 0.305. The van der Waals surface area contributed by atoms with Crippen LogP contribution in [0.1, 0.15) is 23.7 Å². The highest BCUT2D eigenvalue weighted by Gasteiger charge is 2.17. The molecule has 1 aromatic heterocycles. The van der Waals surface area contributed by atoms with Crippen LogP contribution in [0.4, 0.5) is 0 Å². The van der Waals surface area contributed by atoms with Gasteiger partial charge in [0, 0.05) is 26.5 Å². The summed E-state index contributed by atoms with van der Waals surface area (Å²) in [5.41, 5.74) is 5.74. The van der Waals surface area contributed by atoms with Gasteiger partial charge in [0.1, 0.15) is 5.01 Å². The van der Waals surface area contributed by atoms with Gasteiger partial charge in [-0.05, 0) is 38.1 Å². The second kappa shape index (κ2) is 5.61. The molecule has 0 bridgehead atoms. The molecule has 0 fully saturated rings. The number of nitrogens with zero attached hydrogens (tertiary/aromatic N) is 1. The average Bonchev–Trinajstić information content (AvgIpc) is 2.77. The Bertz CT molecular complexity index is 515. The Morgan fingerprint density at radius 3 is 2.56 bits per heavy atom. The molecule has 0 unspecified atom stereocenters. The Hall–Kier alpha value is -0.550. The van der Waals surface area contributed by atoms with E-state index in [1.807, 2.05) is 44.3 Å². The Morgan fingerprint density at radius 2 is 2.00 bits per heavy atom. The lowest BCUT2D eigenvalue weighted by atomic mass is 10.1. The van der Waals surface area contributed by atoms with E-state index in [0.29, 0.717) is 0 Å². The van der Waals surface area contributed by atoms with Crippen LogP contribution in [0.2, 0.25) is 5.02 Å². The smallest absolute Gasteiger partial charge is 0.103 e. The Balaban J connectivity index is 1.98. The zero-order chi connectivity index (χ0) is 13.2. The standard InChI is InChI=1S/C13H15ClN2S2/c1-13(2,15)11-7-16-12(18-11)8-17-10-5-3-9(14)4-6-10/h3-7H,8,15H2,1-2H3. The molecular formula is C13H15ClN2S2. The first-order valence-electron chi connectivity index (χ1n) is 5.57. The predicted molar refractivity (Wildman–Crippen MR) is 80.3 cm³/mol. The summed E-state index contributed by atoms with van der Waals surface area (Å²) in [7, 11) is 0. The van der Waals surface area contributed by atoms with E-state index in [1.165, 1.54) is 4.90 Å². The van der Waals surface area contributed by atoms with E-state index in [0.717, 1.165) is 20.7 Å². The monoisotopic (exact) mass is 298 g/mol. The average molecular weight is 299 g/mol. The summed E-state index contributed by atoms with van der Waals surface area (Å²) in [6.07, 6.45) is 1.88. The third-order valence-electron chi connectivity index (χ3n) is 2.36. The zero-order valence-corrected chi connectivity index (χ0v) is 12.7. The number of thiazole rings is 1. The van der Waals surface area contributed by atoms with Crippen LogP contribution in [0.5, 0.6) is 0 Å². The van der Waals surface area contributed by atoms with Crippen LogP contribution in [0.25, 0.3) is 0 Å². The molecule has 2 nitrogen and oxygen atoms in total. The number of halogens is 1. The highest BCUT2D eigenvalue weighted by Crippen LogP contribution is 2.29. The number of nitrogens with two attached hydrogens (primary N) is 1. The molecule has 96 valence electrons. The van der Waals surface area contributed by atoms with Crippen LogP contribution in [0.3, 0.4) is 0 Å². The van der Waals surface area contributed by atoms with Crippen LogP contribution < -0.4 is 5.73 Å². The summed E-state index contributed by atoms with van der Waals surface area (Å²) in [5.74, 6) is 0.863. The maximum Gasteiger partial charge on any atom is 0.103 e. The molecule has 0 spiro atoms. The molecule has 0 aliphatic heterocycles. The van der Waals surface area contributed by atoms with E-state index in [4.69, 9.17) is 17.3 Å². The fourth-order valence-corrected chi connectivity index (χ4v) is 3.31. The summed E-state index contributed by atoms with van der Waals surface area (Å²) in [4.78, 5) is 6.72. The van der Waals surface area contributed by atoms with Gasteiger partial charge in [0.15, 0.2) is 0 Å². The van der Waals surface area contributed by atoms with E-state index in [-0.39, 0.29) is 5.54 Å². The molecule has 0 saturated carbocycles. The molecule has 5 heteroatoms. The van der Waals surface area contributed by atoms with Gasteiger partial charge in [0.05, 0.1) is 5.75 Å². The molecular weight excluding hydrogens is 284 g/mol. The summed E-state index contributed by atoms with van der Waals surface area (Å²) in [5, 5.41) is 1.87. The lowest BCUT2D eigenvalue weighted by molar-refractivity contribution is 0.566. The first-order valence-corrected chi connectivity index (χ1v) is 7.75. The molecule has 0 aliphatic carbocycles.